The fraction of sp³-hybridized carbons (Fsp3) is 0.333. The van der Waals surface area contributed by atoms with Crippen molar-refractivity contribution >= 4 is 23.1 Å². The van der Waals surface area contributed by atoms with Crippen LogP contribution in [0.25, 0.3) is 0 Å². The number of piperazine rings is 1. The zero-order chi connectivity index (χ0) is 13.9. The molecule has 0 aliphatic carbocycles. The lowest BCUT2D eigenvalue weighted by molar-refractivity contribution is 0.646. The maximum Gasteiger partial charge on any atom is 0.134 e. The molecule has 1 aliphatic rings. The van der Waals surface area contributed by atoms with Gasteiger partial charge in [0.15, 0.2) is 0 Å². The number of hydrogen-bond acceptors (Lipinski definition) is 4. The Balaban J connectivity index is 1.69. The minimum atomic E-state index is 0.512. The molecule has 0 N–H and O–H groups in total. The second-order valence-corrected chi connectivity index (χ2v) is 5.29. The third-order valence-corrected chi connectivity index (χ3v) is 3.71. The quantitative estimate of drug-likeness (QED) is 0.796. The molecule has 0 saturated carbocycles. The molecule has 0 bridgehead atoms. The number of rotatable bonds is 2. The third-order valence-electron chi connectivity index (χ3n) is 3.52. The number of para-hydroxylation sites is 1. The van der Waals surface area contributed by atoms with Crippen LogP contribution >= 0.6 is 11.6 Å². The largest absolute Gasteiger partial charge is 0.368 e. The fourth-order valence-electron chi connectivity index (χ4n) is 2.51. The summed E-state index contributed by atoms with van der Waals surface area (Å²) in [5, 5.41) is 0.512. The van der Waals surface area contributed by atoms with Gasteiger partial charge in [-0.25, -0.2) is 9.97 Å². The Morgan fingerprint density at radius 3 is 2.25 bits per heavy atom. The first kappa shape index (κ1) is 13.2. The smallest absolute Gasteiger partial charge is 0.134 e. The van der Waals surface area contributed by atoms with E-state index in [1.54, 1.807) is 0 Å². The number of halogens is 1. The van der Waals surface area contributed by atoms with E-state index in [1.165, 1.54) is 5.69 Å². The van der Waals surface area contributed by atoms with Crippen LogP contribution in [-0.4, -0.2) is 36.1 Å². The van der Waals surface area contributed by atoms with Gasteiger partial charge < -0.3 is 9.80 Å². The Labute approximate surface area is 124 Å². The highest BCUT2D eigenvalue weighted by atomic mass is 35.5. The molecular formula is C15H17ClN4. The number of anilines is 2. The Bertz CT molecular complexity index is 559. The van der Waals surface area contributed by atoms with Crippen molar-refractivity contribution in [1.82, 2.24) is 9.97 Å². The number of hydrogen-bond donors (Lipinski definition) is 0. The van der Waals surface area contributed by atoms with Crippen molar-refractivity contribution in [1.29, 1.82) is 0 Å². The molecule has 104 valence electrons. The number of aromatic nitrogens is 2. The lowest BCUT2D eigenvalue weighted by Crippen LogP contribution is -2.46. The molecular weight excluding hydrogens is 272 g/mol. The SMILES string of the molecule is Cc1nc(Cl)cc(N2CCN(c3ccccc3)CC2)n1. The van der Waals surface area contributed by atoms with E-state index in [0.29, 0.717) is 5.15 Å². The lowest BCUT2D eigenvalue weighted by atomic mass is 10.2. The molecule has 0 atom stereocenters. The van der Waals surface area contributed by atoms with Gasteiger partial charge in [0.25, 0.3) is 0 Å². The molecule has 3 rings (SSSR count). The molecule has 1 saturated heterocycles. The molecule has 0 spiro atoms. The van der Waals surface area contributed by atoms with Crippen LogP contribution in [0.3, 0.4) is 0 Å². The van der Waals surface area contributed by atoms with Crippen LogP contribution in [0.2, 0.25) is 5.15 Å². The molecule has 0 amide bonds. The Morgan fingerprint density at radius 2 is 1.60 bits per heavy atom. The monoisotopic (exact) mass is 288 g/mol. The van der Waals surface area contributed by atoms with E-state index in [4.69, 9.17) is 11.6 Å². The van der Waals surface area contributed by atoms with Crippen LogP contribution in [0.1, 0.15) is 5.82 Å². The molecule has 1 aromatic heterocycles. The summed E-state index contributed by atoms with van der Waals surface area (Å²) in [6, 6.07) is 12.4. The van der Waals surface area contributed by atoms with Crippen molar-refractivity contribution in [2.75, 3.05) is 36.0 Å². The fourth-order valence-corrected chi connectivity index (χ4v) is 2.73. The molecule has 0 unspecified atom stereocenters. The highest BCUT2D eigenvalue weighted by Gasteiger charge is 2.18. The van der Waals surface area contributed by atoms with Gasteiger partial charge in [-0.2, -0.15) is 0 Å². The first-order valence-corrected chi connectivity index (χ1v) is 7.16. The second-order valence-electron chi connectivity index (χ2n) is 4.91. The normalized spacial score (nSPS) is 15.5. The van der Waals surface area contributed by atoms with Crippen molar-refractivity contribution in [3.05, 3.63) is 47.4 Å². The summed E-state index contributed by atoms with van der Waals surface area (Å²) in [6.07, 6.45) is 0. The number of aryl methyl sites for hydroxylation is 1. The predicted molar refractivity (Wildman–Crippen MR) is 82.6 cm³/mol. The van der Waals surface area contributed by atoms with E-state index < -0.39 is 0 Å². The minimum absolute atomic E-state index is 0.512. The molecule has 4 nitrogen and oxygen atoms in total. The molecule has 1 aromatic carbocycles. The van der Waals surface area contributed by atoms with Crippen molar-refractivity contribution in [2.45, 2.75) is 6.92 Å². The van der Waals surface area contributed by atoms with E-state index in [1.807, 2.05) is 19.1 Å². The zero-order valence-corrected chi connectivity index (χ0v) is 12.2. The van der Waals surface area contributed by atoms with Gasteiger partial charge in [-0.15, -0.1) is 0 Å². The highest BCUT2D eigenvalue weighted by Crippen LogP contribution is 2.20. The maximum atomic E-state index is 6.01. The summed E-state index contributed by atoms with van der Waals surface area (Å²) >= 11 is 6.01. The van der Waals surface area contributed by atoms with E-state index >= 15 is 0 Å². The molecule has 20 heavy (non-hydrogen) atoms. The highest BCUT2D eigenvalue weighted by molar-refractivity contribution is 6.29. The average Bonchev–Trinajstić information content (AvgIpc) is 2.47. The molecule has 2 heterocycles. The van der Waals surface area contributed by atoms with Crippen LogP contribution in [0.4, 0.5) is 11.5 Å². The van der Waals surface area contributed by atoms with Gasteiger partial charge in [0.1, 0.15) is 16.8 Å². The van der Waals surface area contributed by atoms with Gasteiger partial charge in [0, 0.05) is 37.9 Å². The third kappa shape index (κ3) is 2.85. The Morgan fingerprint density at radius 1 is 0.950 bits per heavy atom. The van der Waals surface area contributed by atoms with Gasteiger partial charge in [-0.05, 0) is 19.1 Å². The van der Waals surface area contributed by atoms with E-state index in [0.717, 1.165) is 37.8 Å². The summed E-state index contributed by atoms with van der Waals surface area (Å²) in [7, 11) is 0. The molecule has 1 fully saturated rings. The molecule has 0 radical (unpaired) electrons. The van der Waals surface area contributed by atoms with E-state index in [-0.39, 0.29) is 0 Å². The van der Waals surface area contributed by atoms with Gasteiger partial charge >= 0.3 is 0 Å². The van der Waals surface area contributed by atoms with Crippen molar-refractivity contribution in [3.8, 4) is 0 Å². The van der Waals surface area contributed by atoms with Crippen molar-refractivity contribution < 1.29 is 0 Å². The van der Waals surface area contributed by atoms with Crippen molar-refractivity contribution in [2.24, 2.45) is 0 Å². The van der Waals surface area contributed by atoms with Gasteiger partial charge in [0.2, 0.25) is 0 Å². The van der Waals surface area contributed by atoms with E-state index in [9.17, 15) is 0 Å². The topological polar surface area (TPSA) is 32.3 Å². The first-order valence-electron chi connectivity index (χ1n) is 6.78. The maximum absolute atomic E-state index is 6.01. The second kappa shape index (κ2) is 5.67. The van der Waals surface area contributed by atoms with Crippen LogP contribution in [0.15, 0.2) is 36.4 Å². The zero-order valence-electron chi connectivity index (χ0n) is 11.5. The van der Waals surface area contributed by atoms with Crippen molar-refractivity contribution in [3.63, 3.8) is 0 Å². The Kier molecular flexibility index (Phi) is 3.74. The van der Waals surface area contributed by atoms with Gasteiger partial charge in [-0.1, -0.05) is 29.8 Å². The summed E-state index contributed by atoms with van der Waals surface area (Å²) in [5.74, 6) is 1.65. The van der Waals surface area contributed by atoms with Gasteiger partial charge in [0.05, 0.1) is 0 Å². The molecule has 1 aliphatic heterocycles. The van der Waals surface area contributed by atoms with Crippen LogP contribution in [0.5, 0.6) is 0 Å². The summed E-state index contributed by atoms with van der Waals surface area (Å²) in [4.78, 5) is 13.2. The van der Waals surface area contributed by atoms with Crippen LogP contribution in [0, 0.1) is 6.92 Å². The first-order chi connectivity index (χ1) is 9.72. The Hall–Kier alpha value is -1.81. The lowest BCUT2D eigenvalue weighted by Gasteiger charge is -2.36. The standard InChI is InChI=1S/C15H17ClN4/c1-12-17-14(16)11-15(18-12)20-9-7-19(8-10-20)13-5-3-2-4-6-13/h2-6,11H,7-10H2,1H3. The number of benzene rings is 1. The number of nitrogens with zero attached hydrogens (tertiary/aromatic N) is 4. The van der Waals surface area contributed by atoms with Crippen LogP contribution in [-0.2, 0) is 0 Å². The van der Waals surface area contributed by atoms with Crippen LogP contribution < -0.4 is 9.80 Å². The summed E-state index contributed by atoms with van der Waals surface area (Å²) in [5.41, 5.74) is 1.28. The predicted octanol–water partition coefficient (Wildman–Crippen LogP) is 2.77. The molecule has 2 aromatic rings. The van der Waals surface area contributed by atoms with Gasteiger partial charge in [-0.3, -0.25) is 0 Å². The average molecular weight is 289 g/mol. The summed E-state index contributed by atoms with van der Waals surface area (Å²) in [6.45, 7) is 5.74. The summed E-state index contributed by atoms with van der Waals surface area (Å²) < 4.78 is 0. The molecule has 5 heteroatoms. The minimum Gasteiger partial charge on any atom is -0.368 e. The van der Waals surface area contributed by atoms with E-state index in [2.05, 4.69) is 44.0 Å².